The number of carbonyl (C=O) groups excluding carboxylic acids is 1. The summed E-state index contributed by atoms with van der Waals surface area (Å²) in [7, 11) is 0. The van der Waals surface area contributed by atoms with Gasteiger partial charge in [0.25, 0.3) is 0 Å². The van der Waals surface area contributed by atoms with Gasteiger partial charge >= 0.3 is 0 Å². The molecule has 0 N–H and O–H groups in total. The van der Waals surface area contributed by atoms with E-state index in [1.54, 1.807) is 0 Å². The summed E-state index contributed by atoms with van der Waals surface area (Å²) in [6.45, 7) is 0. The minimum atomic E-state index is -0.728. The highest BCUT2D eigenvalue weighted by molar-refractivity contribution is 6.30. The van der Waals surface area contributed by atoms with Crippen molar-refractivity contribution >= 4 is 17.9 Å². The van der Waals surface area contributed by atoms with Crippen molar-refractivity contribution in [3.05, 3.63) is 58.6 Å². The minimum Gasteiger partial charge on any atom is -0.453 e. The predicted octanol–water partition coefficient (Wildman–Crippen LogP) is 4.22. The Kier molecular flexibility index (Phi) is 3.58. The van der Waals surface area contributed by atoms with Crippen LogP contribution in [0.5, 0.6) is 11.5 Å². The van der Waals surface area contributed by atoms with Gasteiger partial charge in [-0.25, -0.2) is 8.78 Å². The van der Waals surface area contributed by atoms with E-state index < -0.39 is 11.6 Å². The van der Waals surface area contributed by atoms with Gasteiger partial charge < -0.3 is 4.74 Å². The van der Waals surface area contributed by atoms with Crippen molar-refractivity contribution in [2.75, 3.05) is 0 Å². The molecule has 0 spiro atoms. The Labute approximate surface area is 107 Å². The molecular formula is C13H7ClF2O2. The molecule has 18 heavy (non-hydrogen) atoms. The Morgan fingerprint density at radius 3 is 2.56 bits per heavy atom. The molecule has 2 nitrogen and oxygen atoms in total. The van der Waals surface area contributed by atoms with Gasteiger partial charge in [0, 0.05) is 17.2 Å². The molecule has 2 aromatic carbocycles. The van der Waals surface area contributed by atoms with E-state index in [0.717, 1.165) is 18.2 Å². The lowest BCUT2D eigenvalue weighted by molar-refractivity contribution is 0.112. The average molecular weight is 269 g/mol. The van der Waals surface area contributed by atoms with Crippen LogP contribution in [0.4, 0.5) is 8.78 Å². The lowest BCUT2D eigenvalue weighted by Crippen LogP contribution is -1.93. The molecule has 0 saturated carbocycles. The summed E-state index contributed by atoms with van der Waals surface area (Å²) in [5.74, 6) is -1.60. The third kappa shape index (κ3) is 2.65. The molecule has 0 unspecified atom stereocenters. The highest BCUT2D eigenvalue weighted by Crippen LogP contribution is 2.29. The first-order valence-electron chi connectivity index (χ1n) is 4.98. The van der Waals surface area contributed by atoms with E-state index in [2.05, 4.69) is 0 Å². The monoisotopic (exact) mass is 268 g/mol. The Morgan fingerprint density at radius 1 is 1.06 bits per heavy atom. The van der Waals surface area contributed by atoms with Gasteiger partial charge in [0.15, 0.2) is 17.9 Å². The van der Waals surface area contributed by atoms with Crippen molar-refractivity contribution < 1.29 is 18.3 Å². The molecule has 0 aliphatic carbocycles. The second-order valence-corrected chi connectivity index (χ2v) is 3.91. The van der Waals surface area contributed by atoms with Crippen LogP contribution in [0, 0.1) is 11.6 Å². The molecule has 0 radical (unpaired) electrons. The van der Waals surface area contributed by atoms with Gasteiger partial charge in [-0.3, -0.25) is 4.79 Å². The Balaban J connectivity index is 2.41. The lowest BCUT2D eigenvalue weighted by atomic mass is 10.2. The van der Waals surface area contributed by atoms with Gasteiger partial charge in [-0.15, -0.1) is 0 Å². The molecule has 0 bridgehead atoms. The van der Waals surface area contributed by atoms with E-state index >= 15 is 0 Å². The zero-order valence-corrected chi connectivity index (χ0v) is 9.75. The van der Waals surface area contributed by atoms with Gasteiger partial charge in [-0.1, -0.05) is 11.6 Å². The Hall–Kier alpha value is -1.94. The quantitative estimate of drug-likeness (QED) is 0.779. The molecule has 0 atom stereocenters. The van der Waals surface area contributed by atoms with Crippen LogP contribution in [0.25, 0.3) is 0 Å². The van der Waals surface area contributed by atoms with E-state index in [-0.39, 0.29) is 17.1 Å². The molecule has 5 heteroatoms. The molecule has 0 fully saturated rings. The highest BCUT2D eigenvalue weighted by atomic mass is 35.5. The second-order valence-electron chi connectivity index (χ2n) is 3.48. The summed E-state index contributed by atoms with van der Waals surface area (Å²) < 4.78 is 31.5. The molecule has 0 heterocycles. The summed E-state index contributed by atoms with van der Waals surface area (Å²) in [4.78, 5) is 10.8. The van der Waals surface area contributed by atoms with E-state index in [1.165, 1.54) is 18.2 Å². The molecule has 92 valence electrons. The number of hydrogen-bond acceptors (Lipinski definition) is 2. The molecular weight excluding hydrogens is 262 g/mol. The number of benzene rings is 2. The smallest absolute Gasteiger partial charge is 0.166 e. The first-order chi connectivity index (χ1) is 8.60. The average Bonchev–Trinajstić information content (AvgIpc) is 2.34. The molecule has 2 rings (SSSR count). The van der Waals surface area contributed by atoms with E-state index in [9.17, 15) is 13.6 Å². The Morgan fingerprint density at radius 2 is 1.83 bits per heavy atom. The van der Waals surface area contributed by atoms with Crippen molar-refractivity contribution in [1.82, 2.24) is 0 Å². The molecule has 0 amide bonds. The fourth-order valence-corrected chi connectivity index (χ4v) is 1.53. The summed E-state index contributed by atoms with van der Waals surface area (Å²) in [6, 6.07) is 7.10. The molecule has 0 aliphatic heterocycles. The van der Waals surface area contributed by atoms with E-state index in [0.29, 0.717) is 11.3 Å². The number of hydrogen-bond donors (Lipinski definition) is 0. The van der Waals surface area contributed by atoms with Crippen molar-refractivity contribution in [1.29, 1.82) is 0 Å². The van der Waals surface area contributed by atoms with Crippen LogP contribution in [0.15, 0.2) is 36.4 Å². The predicted molar refractivity (Wildman–Crippen MR) is 63.3 cm³/mol. The molecule has 0 aromatic heterocycles. The Bertz CT molecular complexity index is 600. The summed E-state index contributed by atoms with van der Waals surface area (Å²) in [6.07, 6.45) is 0.545. The zero-order chi connectivity index (χ0) is 13.1. The van der Waals surface area contributed by atoms with Crippen molar-refractivity contribution in [3.63, 3.8) is 0 Å². The van der Waals surface area contributed by atoms with Crippen molar-refractivity contribution in [2.24, 2.45) is 0 Å². The minimum absolute atomic E-state index is 0.0713. The van der Waals surface area contributed by atoms with Crippen LogP contribution in [-0.2, 0) is 0 Å². The SMILES string of the molecule is O=Cc1ccc(Cl)cc1Oc1cc(F)ccc1F. The number of rotatable bonds is 3. The van der Waals surface area contributed by atoms with Gasteiger partial charge in [-0.05, 0) is 24.3 Å². The topological polar surface area (TPSA) is 26.3 Å². The lowest BCUT2D eigenvalue weighted by Gasteiger charge is -2.09. The first-order valence-corrected chi connectivity index (χ1v) is 5.35. The van der Waals surface area contributed by atoms with Gasteiger partial charge in [-0.2, -0.15) is 0 Å². The standard InChI is InChI=1S/C13H7ClF2O2/c14-9-2-1-8(7-17)12(5-9)18-13-6-10(15)3-4-11(13)16/h1-7H. The van der Waals surface area contributed by atoms with Crippen LogP contribution in [0.2, 0.25) is 5.02 Å². The third-order valence-corrected chi connectivity index (χ3v) is 2.45. The maximum atomic E-state index is 13.4. The van der Waals surface area contributed by atoms with Gasteiger partial charge in [0.1, 0.15) is 11.6 Å². The maximum absolute atomic E-state index is 13.4. The number of carbonyl (C=O) groups is 1. The van der Waals surface area contributed by atoms with Crippen LogP contribution in [0.1, 0.15) is 10.4 Å². The molecule has 2 aromatic rings. The van der Waals surface area contributed by atoms with Crippen molar-refractivity contribution in [3.8, 4) is 11.5 Å². The number of aldehydes is 1. The maximum Gasteiger partial charge on any atom is 0.166 e. The summed E-state index contributed by atoms with van der Waals surface area (Å²) in [5.41, 5.74) is 0.197. The fourth-order valence-electron chi connectivity index (χ4n) is 1.37. The van der Waals surface area contributed by atoms with Crippen LogP contribution in [0.3, 0.4) is 0 Å². The van der Waals surface area contributed by atoms with Crippen LogP contribution < -0.4 is 4.74 Å². The fraction of sp³-hybridized carbons (Fsp3) is 0. The van der Waals surface area contributed by atoms with Crippen LogP contribution in [-0.4, -0.2) is 6.29 Å². The summed E-state index contributed by atoms with van der Waals surface area (Å²) >= 11 is 5.75. The molecule has 0 aliphatic rings. The van der Waals surface area contributed by atoms with Crippen molar-refractivity contribution in [2.45, 2.75) is 0 Å². The normalized spacial score (nSPS) is 10.2. The van der Waals surface area contributed by atoms with Gasteiger partial charge in [0.05, 0.1) is 5.56 Å². The summed E-state index contributed by atoms with van der Waals surface area (Å²) in [5, 5.41) is 0.326. The second kappa shape index (κ2) is 5.14. The zero-order valence-electron chi connectivity index (χ0n) is 8.99. The largest absolute Gasteiger partial charge is 0.453 e. The third-order valence-electron chi connectivity index (χ3n) is 2.22. The van der Waals surface area contributed by atoms with E-state index in [1.807, 2.05) is 0 Å². The molecule has 0 saturated heterocycles. The van der Waals surface area contributed by atoms with Gasteiger partial charge in [0.2, 0.25) is 0 Å². The van der Waals surface area contributed by atoms with E-state index in [4.69, 9.17) is 16.3 Å². The van der Waals surface area contributed by atoms with Crippen LogP contribution >= 0.6 is 11.6 Å². The number of halogens is 3. The number of ether oxygens (including phenoxy) is 1. The highest BCUT2D eigenvalue weighted by Gasteiger charge is 2.10. The first kappa shape index (κ1) is 12.5.